The van der Waals surface area contributed by atoms with Gasteiger partial charge in [0.15, 0.2) is 0 Å². The fourth-order valence-electron chi connectivity index (χ4n) is 1.27. The minimum Gasteiger partial charge on any atom is -0.395 e. The van der Waals surface area contributed by atoms with Gasteiger partial charge in [0, 0.05) is 0 Å². The lowest BCUT2D eigenvalue weighted by Gasteiger charge is -2.15. The summed E-state index contributed by atoms with van der Waals surface area (Å²) in [6.45, 7) is 0. The van der Waals surface area contributed by atoms with Crippen molar-refractivity contribution in [3.63, 3.8) is 0 Å². The van der Waals surface area contributed by atoms with E-state index in [0.29, 0.717) is 11.5 Å². The molecule has 0 radical (unpaired) electrons. The number of benzene rings is 2. The maximum absolute atomic E-state index is 12.2. The number of hydrogen-bond donors (Lipinski definition) is 0. The summed E-state index contributed by atoms with van der Waals surface area (Å²) >= 11 is 1.51. The minimum absolute atomic E-state index is 0.424. The van der Waals surface area contributed by atoms with Crippen LogP contribution in [-0.2, 0) is 7.42 Å². The summed E-state index contributed by atoms with van der Waals surface area (Å²) in [4.78, 5) is 0. The summed E-state index contributed by atoms with van der Waals surface area (Å²) in [5.74, 6) is 0.849. The Bertz CT molecular complexity index is 487. The molecule has 2 aromatic rings. The maximum Gasteiger partial charge on any atom is 0.597 e. The van der Waals surface area contributed by atoms with Gasteiger partial charge >= 0.3 is 7.82 Å². The highest BCUT2D eigenvalue weighted by atomic mass is 127. The van der Waals surface area contributed by atoms with Gasteiger partial charge in [-0.1, -0.05) is 36.4 Å². The number of para-hydroxylation sites is 2. The first kappa shape index (κ1) is 13.4. The summed E-state index contributed by atoms with van der Waals surface area (Å²) in [5, 5.41) is 0. The van der Waals surface area contributed by atoms with Gasteiger partial charge in [0.1, 0.15) is 34.5 Å². The summed E-state index contributed by atoms with van der Waals surface area (Å²) in [6.07, 6.45) is 0. The van der Waals surface area contributed by atoms with Crippen LogP contribution >= 0.6 is 30.8 Å². The average molecular weight is 376 g/mol. The Hall–Kier alpha value is -1.04. The maximum atomic E-state index is 12.2. The van der Waals surface area contributed by atoms with E-state index in [0.717, 1.165) is 0 Å². The molecule has 0 saturated heterocycles. The second-order valence-corrected chi connectivity index (χ2v) is 5.90. The summed E-state index contributed by atoms with van der Waals surface area (Å²) in [6, 6.07) is 17.5. The molecule has 0 saturated carbocycles. The highest BCUT2D eigenvalue weighted by molar-refractivity contribution is 14.1. The fourth-order valence-corrected chi connectivity index (χ4v) is 2.60. The van der Waals surface area contributed by atoms with Crippen molar-refractivity contribution in [1.82, 2.24) is 0 Å². The standard InChI is InChI=1S/C12H10IO4P/c13-17-18(14,15-11-7-3-1-4-8-11)16-12-9-5-2-6-10-12/h1-10H. The predicted octanol–water partition coefficient (Wildman–Crippen LogP) is 4.62. The van der Waals surface area contributed by atoms with E-state index in [-0.39, 0.29) is 0 Å². The third-order valence-corrected chi connectivity index (χ3v) is 4.49. The summed E-state index contributed by atoms with van der Waals surface area (Å²) in [5.41, 5.74) is 0. The van der Waals surface area contributed by atoms with E-state index in [1.807, 2.05) is 12.1 Å². The van der Waals surface area contributed by atoms with Gasteiger partial charge in [-0.05, 0) is 24.3 Å². The second-order valence-electron chi connectivity index (χ2n) is 3.32. The summed E-state index contributed by atoms with van der Waals surface area (Å²) in [7, 11) is -3.66. The molecule has 2 rings (SSSR count). The molecule has 0 heterocycles. The van der Waals surface area contributed by atoms with Gasteiger partial charge < -0.3 is 9.05 Å². The van der Waals surface area contributed by atoms with Gasteiger partial charge in [0.25, 0.3) is 0 Å². The van der Waals surface area contributed by atoms with Crippen molar-refractivity contribution >= 4 is 30.8 Å². The Kier molecular flexibility index (Phi) is 4.63. The lowest BCUT2D eigenvalue weighted by Crippen LogP contribution is -2.00. The SMILES string of the molecule is O=P(OI)(Oc1ccccc1)Oc1ccccc1. The summed E-state index contributed by atoms with van der Waals surface area (Å²) < 4.78 is 27.6. The first-order valence-corrected chi connectivity index (χ1v) is 7.46. The minimum atomic E-state index is -3.66. The van der Waals surface area contributed by atoms with Crippen LogP contribution in [0.25, 0.3) is 0 Å². The Morgan fingerprint density at radius 2 is 1.17 bits per heavy atom. The Morgan fingerprint density at radius 1 is 0.778 bits per heavy atom. The molecule has 0 spiro atoms. The molecular formula is C12H10IO4P. The number of phosphoric ester groups is 1. The van der Waals surface area contributed by atoms with Crippen molar-refractivity contribution in [3.8, 4) is 11.5 Å². The van der Waals surface area contributed by atoms with Gasteiger partial charge in [-0.2, -0.15) is 2.85 Å². The fraction of sp³-hybridized carbons (Fsp3) is 0. The Balaban J connectivity index is 2.14. The first-order chi connectivity index (χ1) is 8.72. The zero-order valence-corrected chi connectivity index (χ0v) is 12.3. The molecule has 0 atom stereocenters. The van der Waals surface area contributed by atoms with E-state index < -0.39 is 7.82 Å². The molecule has 4 nitrogen and oxygen atoms in total. The normalized spacial score (nSPS) is 10.9. The molecule has 0 N–H and O–H groups in total. The molecule has 0 aromatic heterocycles. The van der Waals surface area contributed by atoms with E-state index in [2.05, 4.69) is 0 Å². The molecule has 18 heavy (non-hydrogen) atoms. The quantitative estimate of drug-likeness (QED) is 0.565. The van der Waals surface area contributed by atoms with Crippen LogP contribution in [0.15, 0.2) is 60.7 Å². The third-order valence-electron chi connectivity index (χ3n) is 2.01. The van der Waals surface area contributed by atoms with Crippen LogP contribution in [-0.4, -0.2) is 0 Å². The van der Waals surface area contributed by atoms with Gasteiger partial charge in [-0.25, -0.2) is 4.57 Å². The van der Waals surface area contributed by atoms with Crippen molar-refractivity contribution in [3.05, 3.63) is 60.7 Å². The van der Waals surface area contributed by atoms with E-state index in [9.17, 15) is 4.57 Å². The Morgan fingerprint density at radius 3 is 1.50 bits per heavy atom. The number of phosphoric acid groups is 1. The van der Waals surface area contributed by atoms with Gasteiger partial charge in [-0.15, -0.1) is 0 Å². The molecule has 0 aliphatic rings. The first-order valence-electron chi connectivity index (χ1n) is 5.11. The van der Waals surface area contributed by atoms with Gasteiger partial charge in [0.05, 0.1) is 0 Å². The van der Waals surface area contributed by atoms with Crippen LogP contribution in [0.1, 0.15) is 0 Å². The lowest BCUT2D eigenvalue weighted by atomic mass is 10.3. The van der Waals surface area contributed by atoms with Crippen LogP contribution in [0.4, 0.5) is 0 Å². The van der Waals surface area contributed by atoms with Crippen molar-refractivity contribution in [2.75, 3.05) is 0 Å². The van der Waals surface area contributed by atoms with E-state index in [4.69, 9.17) is 11.9 Å². The predicted molar refractivity (Wildman–Crippen MR) is 76.9 cm³/mol. The molecule has 94 valence electrons. The number of rotatable bonds is 5. The number of halogens is 1. The third kappa shape index (κ3) is 3.73. The lowest BCUT2D eigenvalue weighted by molar-refractivity contribution is 0.326. The van der Waals surface area contributed by atoms with Crippen LogP contribution in [0, 0.1) is 0 Å². The zero-order chi connectivity index (χ0) is 12.8. The van der Waals surface area contributed by atoms with Crippen molar-refractivity contribution in [1.29, 1.82) is 0 Å². The van der Waals surface area contributed by atoms with Crippen LogP contribution in [0.5, 0.6) is 11.5 Å². The molecule has 6 heteroatoms. The van der Waals surface area contributed by atoms with Crippen molar-refractivity contribution < 1.29 is 16.5 Å². The van der Waals surface area contributed by atoms with Gasteiger partial charge in [-0.3, -0.25) is 0 Å². The number of hydrogen-bond acceptors (Lipinski definition) is 4. The highest BCUT2D eigenvalue weighted by Crippen LogP contribution is 2.51. The zero-order valence-electron chi connectivity index (χ0n) is 9.23. The molecule has 0 bridgehead atoms. The van der Waals surface area contributed by atoms with E-state index >= 15 is 0 Å². The average Bonchev–Trinajstić information content (AvgIpc) is 2.41. The second kappa shape index (κ2) is 6.22. The van der Waals surface area contributed by atoms with E-state index in [1.165, 1.54) is 23.0 Å². The molecular weight excluding hydrogens is 366 g/mol. The van der Waals surface area contributed by atoms with Crippen LogP contribution < -0.4 is 9.05 Å². The molecule has 0 amide bonds. The molecule has 0 unspecified atom stereocenters. The topological polar surface area (TPSA) is 44.8 Å². The Labute approximate surface area is 119 Å². The van der Waals surface area contributed by atoms with Crippen LogP contribution in [0.3, 0.4) is 0 Å². The smallest absolute Gasteiger partial charge is 0.395 e. The van der Waals surface area contributed by atoms with Crippen LogP contribution in [0.2, 0.25) is 0 Å². The largest absolute Gasteiger partial charge is 0.597 e. The highest BCUT2D eigenvalue weighted by Gasteiger charge is 2.30. The monoisotopic (exact) mass is 376 g/mol. The molecule has 2 aromatic carbocycles. The van der Waals surface area contributed by atoms with E-state index in [1.54, 1.807) is 48.5 Å². The van der Waals surface area contributed by atoms with Crippen molar-refractivity contribution in [2.24, 2.45) is 0 Å². The molecule has 0 aliphatic carbocycles. The molecule has 0 aliphatic heterocycles. The van der Waals surface area contributed by atoms with Gasteiger partial charge in [0.2, 0.25) is 0 Å². The molecule has 0 fully saturated rings. The van der Waals surface area contributed by atoms with Crippen molar-refractivity contribution in [2.45, 2.75) is 0 Å².